The minimum absolute atomic E-state index is 0.0834. The summed E-state index contributed by atoms with van der Waals surface area (Å²) in [4.78, 5) is 17.6. The third-order valence-corrected chi connectivity index (χ3v) is 6.31. The fraction of sp³-hybridized carbons (Fsp3) is 0.545. The van der Waals surface area contributed by atoms with Gasteiger partial charge in [0.1, 0.15) is 5.75 Å². The summed E-state index contributed by atoms with van der Waals surface area (Å²) < 4.78 is 7.57. The number of ether oxygens (including phenoxy) is 1. The summed E-state index contributed by atoms with van der Waals surface area (Å²) in [6, 6.07) is 7.54. The van der Waals surface area contributed by atoms with E-state index in [1.807, 2.05) is 35.9 Å². The van der Waals surface area contributed by atoms with Crippen LogP contribution >= 0.6 is 0 Å². The smallest absolute Gasteiger partial charge is 0.258 e. The van der Waals surface area contributed by atoms with Gasteiger partial charge in [0.25, 0.3) is 5.56 Å². The first-order valence-corrected chi connectivity index (χ1v) is 10.9. The van der Waals surface area contributed by atoms with E-state index in [0.29, 0.717) is 12.2 Å². The van der Waals surface area contributed by atoms with Gasteiger partial charge in [-0.1, -0.05) is 6.92 Å². The molecule has 1 aliphatic heterocycles. The average molecular weight is 412 g/mol. The normalized spacial score (nSPS) is 16.3. The maximum Gasteiger partial charge on any atom is 0.258 e. The zero-order valence-corrected chi connectivity index (χ0v) is 18.2. The Balaban J connectivity index is 1.88. The number of fused-ring (bicyclic) bond motifs is 1. The molecule has 1 atom stereocenters. The highest BCUT2D eigenvalue weighted by Crippen LogP contribution is 2.26. The van der Waals surface area contributed by atoms with E-state index in [9.17, 15) is 4.79 Å². The van der Waals surface area contributed by atoms with Crippen LogP contribution < -0.4 is 15.2 Å². The standard InChI is InChI=1S/C22H30N6O2/c1-5-22(3,4)28-20(24-25-26-28)19(27-11-7-8-12-27)17-14-15-13-16(30-6-2)9-10-18(15)23-21(17)29/h9-10,13-14,19H,5-8,11-12H2,1-4H3,(H,23,29)/p+1/t19-/m0/s1. The lowest BCUT2D eigenvalue weighted by atomic mass is 9.99. The van der Waals surface area contributed by atoms with Crippen LogP contribution in [0, 0.1) is 0 Å². The summed E-state index contributed by atoms with van der Waals surface area (Å²) in [5.41, 5.74) is 1.19. The first kappa shape index (κ1) is 20.5. The van der Waals surface area contributed by atoms with Gasteiger partial charge in [0.15, 0.2) is 6.04 Å². The lowest BCUT2D eigenvalue weighted by Gasteiger charge is -2.29. The van der Waals surface area contributed by atoms with Crippen molar-refractivity contribution in [3.8, 4) is 5.75 Å². The van der Waals surface area contributed by atoms with Crippen molar-refractivity contribution in [1.29, 1.82) is 0 Å². The van der Waals surface area contributed by atoms with E-state index in [1.54, 1.807) is 0 Å². The van der Waals surface area contributed by atoms with Crippen LogP contribution in [0.25, 0.3) is 10.9 Å². The number of aromatic amines is 1. The highest BCUT2D eigenvalue weighted by molar-refractivity contribution is 5.80. The number of hydrogen-bond donors (Lipinski definition) is 2. The minimum Gasteiger partial charge on any atom is -0.494 e. The molecule has 0 aliphatic carbocycles. The van der Waals surface area contributed by atoms with Crippen molar-refractivity contribution in [2.75, 3.05) is 19.7 Å². The second-order valence-corrected chi connectivity index (χ2v) is 8.65. The van der Waals surface area contributed by atoms with Gasteiger partial charge in [0, 0.05) is 23.7 Å². The second-order valence-electron chi connectivity index (χ2n) is 8.65. The Morgan fingerprint density at radius 3 is 2.70 bits per heavy atom. The number of benzene rings is 1. The van der Waals surface area contributed by atoms with Crippen molar-refractivity contribution in [3.05, 3.63) is 46.0 Å². The zero-order chi connectivity index (χ0) is 21.3. The summed E-state index contributed by atoms with van der Waals surface area (Å²) >= 11 is 0. The van der Waals surface area contributed by atoms with Gasteiger partial charge in [-0.15, -0.1) is 5.10 Å². The highest BCUT2D eigenvalue weighted by atomic mass is 16.5. The predicted molar refractivity (Wildman–Crippen MR) is 115 cm³/mol. The SMILES string of the molecule is CCOc1ccc2[nH]c(=O)c([C@@H](c3nnnn3C(C)(C)CC)[NH+]3CCCC3)cc2c1. The second kappa shape index (κ2) is 8.18. The molecule has 0 bridgehead atoms. The molecule has 3 aromatic rings. The van der Waals surface area contributed by atoms with Gasteiger partial charge in [-0.3, -0.25) is 4.79 Å². The molecular weight excluding hydrogens is 380 g/mol. The number of quaternary nitrogens is 1. The van der Waals surface area contributed by atoms with Crippen LogP contribution in [-0.2, 0) is 5.54 Å². The van der Waals surface area contributed by atoms with Gasteiger partial charge >= 0.3 is 0 Å². The molecule has 0 radical (unpaired) electrons. The monoisotopic (exact) mass is 411 g/mol. The Hall–Kier alpha value is -2.74. The molecule has 2 aromatic heterocycles. The maximum absolute atomic E-state index is 13.2. The topological polar surface area (TPSA) is 90.1 Å². The van der Waals surface area contributed by atoms with E-state index in [4.69, 9.17) is 4.74 Å². The molecule has 1 fully saturated rings. The van der Waals surface area contributed by atoms with Gasteiger partial charge in [0.05, 0.1) is 30.8 Å². The van der Waals surface area contributed by atoms with Crippen LogP contribution in [0.4, 0.5) is 0 Å². The average Bonchev–Trinajstić information content (AvgIpc) is 3.42. The largest absolute Gasteiger partial charge is 0.494 e. The zero-order valence-electron chi connectivity index (χ0n) is 18.2. The van der Waals surface area contributed by atoms with Crippen LogP contribution in [0.3, 0.4) is 0 Å². The molecule has 0 unspecified atom stereocenters. The molecule has 3 heterocycles. The molecular formula is C22H31N6O2+. The van der Waals surface area contributed by atoms with E-state index in [2.05, 4.69) is 41.3 Å². The van der Waals surface area contributed by atoms with Crippen molar-refractivity contribution < 1.29 is 9.64 Å². The van der Waals surface area contributed by atoms with Gasteiger partial charge in [-0.05, 0) is 61.9 Å². The van der Waals surface area contributed by atoms with Crippen molar-refractivity contribution in [2.24, 2.45) is 0 Å². The Labute approximate surface area is 176 Å². The van der Waals surface area contributed by atoms with Gasteiger partial charge in [-0.2, -0.15) is 0 Å². The van der Waals surface area contributed by atoms with E-state index in [1.165, 1.54) is 4.90 Å². The predicted octanol–water partition coefficient (Wildman–Crippen LogP) is 1.83. The van der Waals surface area contributed by atoms with E-state index < -0.39 is 0 Å². The van der Waals surface area contributed by atoms with Crippen molar-refractivity contribution in [2.45, 2.75) is 58.5 Å². The Kier molecular flexibility index (Phi) is 5.60. The van der Waals surface area contributed by atoms with Crippen LogP contribution in [0.15, 0.2) is 29.1 Å². The first-order valence-electron chi connectivity index (χ1n) is 10.9. The number of H-pyrrole nitrogens is 1. The van der Waals surface area contributed by atoms with E-state index >= 15 is 0 Å². The van der Waals surface area contributed by atoms with Crippen molar-refractivity contribution >= 4 is 10.9 Å². The molecule has 0 amide bonds. The minimum atomic E-state index is -0.234. The quantitative estimate of drug-likeness (QED) is 0.619. The summed E-state index contributed by atoms with van der Waals surface area (Å²) in [5, 5.41) is 13.7. The molecule has 1 aliphatic rings. The fourth-order valence-corrected chi connectivity index (χ4v) is 4.29. The molecule has 1 aromatic carbocycles. The van der Waals surface area contributed by atoms with Crippen molar-refractivity contribution in [3.63, 3.8) is 0 Å². The first-order chi connectivity index (χ1) is 14.4. The number of tetrazole rings is 1. The van der Waals surface area contributed by atoms with Crippen LogP contribution in [0.1, 0.15) is 64.4 Å². The molecule has 30 heavy (non-hydrogen) atoms. The molecule has 0 saturated carbocycles. The van der Waals surface area contributed by atoms with E-state index in [-0.39, 0.29) is 17.1 Å². The van der Waals surface area contributed by atoms with Gasteiger partial charge in [-0.25, -0.2) is 4.68 Å². The van der Waals surface area contributed by atoms with E-state index in [0.717, 1.165) is 54.8 Å². The molecule has 8 nitrogen and oxygen atoms in total. The lowest BCUT2D eigenvalue weighted by molar-refractivity contribution is -0.914. The molecule has 8 heteroatoms. The van der Waals surface area contributed by atoms with Gasteiger partial charge < -0.3 is 14.6 Å². The number of rotatable bonds is 7. The summed E-state index contributed by atoms with van der Waals surface area (Å²) in [7, 11) is 0. The maximum atomic E-state index is 13.2. The third kappa shape index (κ3) is 3.71. The summed E-state index contributed by atoms with van der Waals surface area (Å²) in [6.07, 6.45) is 3.17. The molecule has 2 N–H and O–H groups in total. The number of nitrogens with one attached hydrogen (secondary N) is 2. The highest BCUT2D eigenvalue weighted by Gasteiger charge is 2.38. The molecule has 0 spiro atoms. The molecule has 1 saturated heterocycles. The summed E-state index contributed by atoms with van der Waals surface area (Å²) in [6.45, 7) is 10.9. The lowest BCUT2D eigenvalue weighted by Crippen LogP contribution is -3.10. The fourth-order valence-electron chi connectivity index (χ4n) is 4.29. The number of hydrogen-bond acceptors (Lipinski definition) is 5. The third-order valence-electron chi connectivity index (χ3n) is 6.31. The van der Waals surface area contributed by atoms with Crippen molar-refractivity contribution in [1.82, 2.24) is 25.2 Å². The molecule has 160 valence electrons. The van der Waals surface area contributed by atoms with Crippen LogP contribution in [0.5, 0.6) is 5.75 Å². The number of pyridine rings is 1. The number of aromatic nitrogens is 5. The van der Waals surface area contributed by atoms with Crippen LogP contribution in [-0.4, -0.2) is 44.9 Å². The van der Waals surface area contributed by atoms with Crippen LogP contribution in [0.2, 0.25) is 0 Å². The number of nitrogens with zero attached hydrogens (tertiary/aromatic N) is 4. The Morgan fingerprint density at radius 1 is 1.23 bits per heavy atom. The Morgan fingerprint density at radius 2 is 2.00 bits per heavy atom. The molecule has 4 rings (SSSR count). The summed E-state index contributed by atoms with van der Waals surface area (Å²) in [5.74, 6) is 1.55. The Bertz CT molecular complexity index is 1080. The van der Waals surface area contributed by atoms with Gasteiger partial charge in [0.2, 0.25) is 5.82 Å². The number of likely N-dealkylation sites (tertiary alicyclic amines) is 1.